The van der Waals surface area contributed by atoms with Crippen LogP contribution in [0, 0.1) is 0 Å². The molecule has 1 aliphatic heterocycles. The zero-order valence-electron chi connectivity index (χ0n) is 16.5. The fourth-order valence-corrected chi connectivity index (χ4v) is 4.07. The Bertz CT molecular complexity index is 967. The minimum absolute atomic E-state index is 0.271. The number of carbonyl (C=O) groups excluding carboxylic acids is 2. The minimum Gasteiger partial charge on any atom is -0.340 e. The topological polar surface area (TPSA) is 103 Å². The number of H-pyrrole nitrogens is 1. The lowest BCUT2D eigenvalue weighted by Crippen LogP contribution is -2.45. The highest BCUT2D eigenvalue weighted by Gasteiger charge is 2.24. The van der Waals surface area contributed by atoms with Gasteiger partial charge in [0.15, 0.2) is 0 Å². The van der Waals surface area contributed by atoms with Gasteiger partial charge in [-0.1, -0.05) is 36.4 Å². The van der Waals surface area contributed by atoms with Crippen molar-refractivity contribution >= 4 is 35.0 Å². The molecule has 156 valence electrons. The predicted molar refractivity (Wildman–Crippen MR) is 117 cm³/mol. The average Bonchev–Trinajstić information content (AvgIpc) is 3.47. The maximum absolute atomic E-state index is 13.0. The van der Waals surface area contributed by atoms with Gasteiger partial charge in [-0.3, -0.25) is 14.9 Å². The summed E-state index contributed by atoms with van der Waals surface area (Å²) in [6, 6.07) is 12.4. The molecule has 0 radical (unpaired) electrons. The van der Waals surface area contributed by atoms with Gasteiger partial charge >= 0.3 is 0 Å². The van der Waals surface area contributed by atoms with Crippen molar-refractivity contribution in [3.63, 3.8) is 0 Å². The molecule has 8 nitrogen and oxygen atoms in total. The van der Waals surface area contributed by atoms with E-state index in [1.807, 2.05) is 41.8 Å². The summed E-state index contributed by atoms with van der Waals surface area (Å²) in [6.07, 6.45) is 3.82. The third kappa shape index (κ3) is 5.04. The van der Waals surface area contributed by atoms with Crippen molar-refractivity contribution in [2.45, 2.75) is 31.7 Å². The van der Waals surface area contributed by atoms with Crippen LogP contribution < -0.4 is 15.5 Å². The fourth-order valence-electron chi connectivity index (χ4n) is 3.44. The lowest BCUT2D eigenvalue weighted by molar-refractivity contribution is -0.118. The van der Waals surface area contributed by atoms with Crippen LogP contribution in [-0.4, -0.2) is 46.1 Å². The summed E-state index contributed by atoms with van der Waals surface area (Å²) in [7, 11) is 0. The number of rotatable bonds is 7. The van der Waals surface area contributed by atoms with Crippen LogP contribution >= 0.6 is 11.3 Å². The first-order valence-corrected chi connectivity index (χ1v) is 10.9. The summed E-state index contributed by atoms with van der Waals surface area (Å²) in [6.45, 7) is 1.83. The first-order chi connectivity index (χ1) is 14.7. The molecule has 0 aliphatic carbocycles. The van der Waals surface area contributed by atoms with E-state index < -0.39 is 6.04 Å². The molecule has 1 aromatic carbocycles. The van der Waals surface area contributed by atoms with Gasteiger partial charge in [0.25, 0.3) is 5.91 Å². The van der Waals surface area contributed by atoms with Crippen LogP contribution in [0.3, 0.4) is 0 Å². The molecule has 2 aromatic heterocycles. The van der Waals surface area contributed by atoms with Crippen molar-refractivity contribution in [2.24, 2.45) is 0 Å². The number of thiophene rings is 1. The number of nitrogens with one attached hydrogen (secondary N) is 3. The Kier molecular flexibility index (Phi) is 6.38. The molecule has 0 spiro atoms. The van der Waals surface area contributed by atoms with Gasteiger partial charge in [0.05, 0.1) is 4.88 Å². The Balaban J connectivity index is 1.45. The second kappa shape index (κ2) is 9.53. The van der Waals surface area contributed by atoms with Gasteiger partial charge in [0.2, 0.25) is 17.8 Å². The number of hydrogen-bond acceptors (Lipinski definition) is 6. The van der Waals surface area contributed by atoms with Gasteiger partial charge in [0.1, 0.15) is 6.04 Å². The van der Waals surface area contributed by atoms with E-state index in [0.717, 1.165) is 31.5 Å². The maximum Gasteiger partial charge on any atom is 0.262 e. The molecule has 3 heterocycles. The third-order valence-corrected chi connectivity index (χ3v) is 5.87. The number of piperidine rings is 1. The quantitative estimate of drug-likeness (QED) is 0.541. The van der Waals surface area contributed by atoms with Gasteiger partial charge in [-0.15, -0.1) is 16.4 Å². The highest BCUT2D eigenvalue weighted by Crippen LogP contribution is 2.17. The van der Waals surface area contributed by atoms with E-state index >= 15 is 0 Å². The third-order valence-electron chi connectivity index (χ3n) is 5.00. The highest BCUT2D eigenvalue weighted by atomic mass is 32.1. The van der Waals surface area contributed by atoms with Crippen molar-refractivity contribution in [1.29, 1.82) is 0 Å². The summed E-state index contributed by atoms with van der Waals surface area (Å²) in [5.41, 5.74) is 0.954. The summed E-state index contributed by atoms with van der Waals surface area (Å²) < 4.78 is 0. The summed E-state index contributed by atoms with van der Waals surface area (Å²) in [5.74, 6) is 0.258. The van der Waals surface area contributed by atoms with Crippen LogP contribution in [0.25, 0.3) is 0 Å². The van der Waals surface area contributed by atoms with Crippen molar-refractivity contribution in [3.8, 4) is 0 Å². The standard InChI is InChI=1S/C21H24N6O2S/c28-18(23-20-24-21(26-25-20)27-11-5-2-6-12-27)16(14-15-8-3-1-4-9-15)22-19(29)17-10-7-13-30-17/h1,3-4,7-10,13,16H,2,5-6,11-12,14H2,(H,22,29)(H2,23,24,25,26,28). The van der Waals surface area contributed by atoms with E-state index in [2.05, 4.69) is 30.7 Å². The van der Waals surface area contributed by atoms with Crippen molar-refractivity contribution in [3.05, 3.63) is 58.3 Å². The van der Waals surface area contributed by atoms with E-state index in [-0.39, 0.29) is 17.8 Å². The average molecular weight is 425 g/mol. The number of anilines is 2. The van der Waals surface area contributed by atoms with Gasteiger partial charge in [-0.05, 0) is 36.3 Å². The van der Waals surface area contributed by atoms with Crippen LogP contribution in [0.5, 0.6) is 0 Å². The molecular weight excluding hydrogens is 400 g/mol. The molecule has 1 atom stereocenters. The molecule has 1 saturated heterocycles. The number of aromatic amines is 1. The summed E-state index contributed by atoms with van der Waals surface area (Å²) in [4.78, 5) is 32.6. The molecular formula is C21H24N6O2S. The monoisotopic (exact) mass is 424 g/mol. The van der Waals surface area contributed by atoms with Crippen LogP contribution in [0.4, 0.5) is 11.9 Å². The van der Waals surface area contributed by atoms with E-state index in [1.54, 1.807) is 6.07 Å². The lowest BCUT2D eigenvalue weighted by Gasteiger charge is -2.24. The molecule has 2 amide bonds. The predicted octanol–water partition coefficient (Wildman–Crippen LogP) is 2.84. The van der Waals surface area contributed by atoms with Gasteiger partial charge in [0, 0.05) is 19.5 Å². The van der Waals surface area contributed by atoms with Gasteiger partial charge in [-0.2, -0.15) is 4.98 Å². The summed E-state index contributed by atoms with van der Waals surface area (Å²) in [5, 5.41) is 14.5. The first kappa shape index (κ1) is 20.1. The highest BCUT2D eigenvalue weighted by molar-refractivity contribution is 7.12. The molecule has 0 saturated carbocycles. The van der Waals surface area contributed by atoms with Crippen LogP contribution in [0.15, 0.2) is 47.8 Å². The van der Waals surface area contributed by atoms with Gasteiger partial charge in [-0.25, -0.2) is 5.10 Å². The number of hydrogen-bond donors (Lipinski definition) is 3. The number of amides is 2. The molecule has 1 unspecified atom stereocenters. The number of nitrogens with zero attached hydrogens (tertiary/aromatic N) is 3. The van der Waals surface area contributed by atoms with E-state index in [0.29, 0.717) is 17.2 Å². The van der Waals surface area contributed by atoms with Crippen LogP contribution in [0.1, 0.15) is 34.5 Å². The molecule has 3 aromatic rings. The second-order valence-corrected chi connectivity index (χ2v) is 8.16. The Morgan fingerprint density at radius 2 is 1.90 bits per heavy atom. The maximum atomic E-state index is 13.0. The molecule has 1 fully saturated rings. The van der Waals surface area contributed by atoms with Crippen molar-refractivity contribution < 1.29 is 9.59 Å². The SMILES string of the molecule is O=C(NC(Cc1ccccc1)C(=O)Nc1nc(N2CCCCC2)n[nH]1)c1cccs1. The normalized spacial score (nSPS) is 14.9. The van der Waals surface area contributed by atoms with E-state index in [1.165, 1.54) is 17.8 Å². The Morgan fingerprint density at radius 1 is 1.10 bits per heavy atom. The Morgan fingerprint density at radius 3 is 2.63 bits per heavy atom. The molecule has 1 aliphatic rings. The fraction of sp³-hybridized carbons (Fsp3) is 0.333. The molecule has 3 N–H and O–H groups in total. The Labute approximate surface area is 178 Å². The molecule has 4 rings (SSSR count). The molecule has 30 heavy (non-hydrogen) atoms. The summed E-state index contributed by atoms with van der Waals surface area (Å²) >= 11 is 1.34. The zero-order valence-corrected chi connectivity index (χ0v) is 17.3. The second-order valence-electron chi connectivity index (χ2n) is 7.21. The zero-order chi connectivity index (χ0) is 20.8. The lowest BCUT2D eigenvalue weighted by atomic mass is 10.1. The number of aromatic nitrogens is 3. The smallest absolute Gasteiger partial charge is 0.262 e. The largest absolute Gasteiger partial charge is 0.340 e. The van der Waals surface area contributed by atoms with Crippen LogP contribution in [-0.2, 0) is 11.2 Å². The number of carbonyl (C=O) groups is 2. The van der Waals surface area contributed by atoms with Crippen LogP contribution in [0.2, 0.25) is 0 Å². The first-order valence-electron chi connectivity index (χ1n) is 10.1. The molecule has 9 heteroatoms. The van der Waals surface area contributed by atoms with Crippen molar-refractivity contribution in [1.82, 2.24) is 20.5 Å². The molecule has 0 bridgehead atoms. The number of benzene rings is 1. The van der Waals surface area contributed by atoms with E-state index in [9.17, 15) is 9.59 Å². The van der Waals surface area contributed by atoms with E-state index in [4.69, 9.17) is 0 Å². The minimum atomic E-state index is -0.745. The van der Waals surface area contributed by atoms with Crippen molar-refractivity contribution in [2.75, 3.05) is 23.3 Å². The van der Waals surface area contributed by atoms with Gasteiger partial charge < -0.3 is 10.2 Å². The Hall–Kier alpha value is -3.20.